The number of hydrogen-bond donors (Lipinski definition) is 1. The van der Waals surface area contributed by atoms with Gasteiger partial charge in [0.1, 0.15) is 0 Å². The van der Waals surface area contributed by atoms with Crippen LogP contribution in [0.15, 0.2) is 22.7 Å². The van der Waals surface area contributed by atoms with Crippen molar-refractivity contribution < 1.29 is 0 Å². The van der Waals surface area contributed by atoms with Crippen molar-refractivity contribution in [3.63, 3.8) is 0 Å². The van der Waals surface area contributed by atoms with E-state index in [0.717, 1.165) is 24.0 Å². The molecule has 0 aromatic heterocycles. The fourth-order valence-corrected chi connectivity index (χ4v) is 3.60. The van der Waals surface area contributed by atoms with E-state index < -0.39 is 0 Å². The summed E-state index contributed by atoms with van der Waals surface area (Å²) in [4.78, 5) is 4.86. The zero-order valence-corrected chi connectivity index (χ0v) is 14.5. The number of rotatable bonds is 4. The van der Waals surface area contributed by atoms with Crippen LogP contribution < -0.4 is 10.6 Å². The Bertz CT molecular complexity index is 459. The lowest BCUT2D eigenvalue weighted by Gasteiger charge is -2.25. The van der Waals surface area contributed by atoms with Crippen LogP contribution in [0.1, 0.15) is 19.4 Å². The fourth-order valence-electron chi connectivity index (χ4n) is 3.19. The van der Waals surface area contributed by atoms with Crippen molar-refractivity contribution in [2.45, 2.75) is 32.4 Å². The second-order valence-electron chi connectivity index (χ2n) is 6.37. The third-order valence-corrected chi connectivity index (χ3v) is 4.65. The lowest BCUT2D eigenvalue weighted by atomic mass is 10.0. The molecule has 1 saturated heterocycles. The first-order valence-corrected chi connectivity index (χ1v) is 8.13. The van der Waals surface area contributed by atoms with E-state index in [1.54, 1.807) is 0 Å². The van der Waals surface area contributed by atoms with Gasteiger partial charge in [0.15, 0.2) is 0 Å². The summed E-state index contributed by atoms with van der Waals surface area (Å²) in [6.45, 7) is 6.63. The summed E-state index contributed by atoms with van der Waals surface area (Å²) in [5.74, 6) is 0.691. The number of nitrogens with zero attached hydrogens (tertiary/aromatic N) is 2. The average Bonchev–Trinajstić information content (AvgIpc) is 2.70. The van der Waals surface area contributed by atoms with Gasteiger partial charge in [0.2, 0.25) is 0 Å². The highest BCUT2D eigenvalue weighted by Gasteiger charge is 2.31. The zero-order valence-electron chi connectivity index (χ0n) is 12.9. The summed E-state index contributed by atoms with van der Waals surface area (Å²) in [5, 5.41) is 0. The quantitative estimate of drug-likeness (QED) is 0.915. The SMILES string of the molecule is CC(N)Cc1cc(Br)ccc1N1CC(C)C(N(C)C)C1. The Labute approximate surface area is 131 Å². The molecule has 112 valence electrons. The van der Waals surface area contributed by atoms with Gasteiger partial charge in [-0.1, -0.05) is 22.9 Å². The normalized spacial score (nSPS) is 24.4. The summed E-state index contributed by atoms with van der Waals surface area (Å²) >= 11 is 3.57. The Balaban J connectivity index is 2.24. The molecule has 0 aliphatic carbocycles. The maximum atomic E-state index is 6.00. The summed E-state index contributed by atoms with van der Waals surface area (Å²) in [6, 6.07) is 7.39. The average molecular weight is 340 g/mol. The Morgan fingerprint density at radius 2 is 2.10 bits per heavy atom. The van der Waals surface area contributed by atoms with Crippen LogP contribution >= 0.6 is 15.9 Å². The van der Waals surface area contributed by atoms with Crippen molar-refractivity contribution in [3.05, 3.63) is 28.2 Å². The van der Waals surface area contributed by atoms with Crippen molar-refractivity contribution in [2.24, 2.45) is 11.7 Å². The van der Waals surface area contributed by atoms with E-state index in [4.69, 9.17) is 5.73 Å². The largest absolute Gasteiger partial charge is 0.369 e. The van der Waals surface area contributed by atoms with Gasteiger partial charge in [-0.05, 0) is 57.1 Å². The molecule has 2 rings (SSSR count). The van der Waals surface area contributed by atoms with Crippen molar-refractivity contribution >= 4 is 21.6 Å². The van der Waals surface area contributed by atoms with E-state index in [1.165, 1.54) is 11.3 Å². The number of benzene rings is 1. The predicted octanol–water partition coefficient (Wildman–Crippen LogP) is 2.73. The van der Waals surface area contributed by atoms with Crippen molar-refractivity contribution in [2.75, 3.05) is 32.1 Å². The van der Waals surface area contributed by atoms with Gasteiger partial charge in [-0.2, -0.15) is 0 Å². The molecule has 0 saturated carbocycles. The van der Waals surface area contributed by atoms with Gasteiger partial charge >= 0.3 is 0 Å². The molecule has 0 amide bonds. The topological polar surface area (TPSA) is 32.5 Å². The summed E-state index contributed by atoms with van der Waals surface area (Å²) in [6.07, 6.45) is 0.923. The molecule has 0 radical (unpaired) electrons. The molecule has 3 atom stereocenters. The molecular weight excluding hydrogens is 314 g/mol. The molecule has 1 aliphatic heterocycles. The van der Waals surface area contributed by atoms with Gasteiger partial charge in [0.25, 0.3) is 0 Å². The molecule has 0 spiro atoms. The number of hydrogen-bond acceptors (Lipinski definition) is 3. The predicted molar refractivity (Wildman–Crippen MR) is 90.3 cm³/mol. The highest BCUT2D eigenvalue weighted by Crippen LogP contribution is 2.31. The van der Waals surface area contributed by atoms with Crippen LogP contribution in [0.4, 0.5) is 5.69 Å². The van der Waals surface area contributed by atoms with Gasteiger partial charge in [-0.25, -0.2) is 0 Å². The summed E-state index contributed by atoms with van der Waals surface area (Å²) < 4.78 is 1.13. The lowest BCUT2D eigenvalue weighted by molar-refractivity contribution is 0.266. The number of likely N-dealkylation sites (N-methyl/N-ethyl adjacent to an activating group) is 1. The molecule has 2 N–H and O–H groups in total. The fraction of sp³-hybridized carbons (Fsp3) is 0.625. The van der Waals surface area contributed by atoms with E-state index in [-0.39, 0.29) is 6.04 Å². The Kier molecular flexibility index (Phi) is 5.10. The first kappa shape index (κ1) is 15.8. The third-order valence-electron chi connectivity index (χ3n) is 4.16. The van der Waals surface area contributed by atoms with Crippen LogP contribution in [-0.2, 0) is 6.42 Å². The molecular formula is C16H26BrN3. The monoisotopic (exact) mass is 339 g/mol. The first-order chi connectivity index (χ1) is 9.38. The van der Waals surface area contributed by atoms with E-state index in [2.05, 4.69) is 71.9 Å². The molecule has 20 heavy (non-hydrogen) atoms. The Morgan fingerprint density at radius 1 is 1.40 bits per heavy atom. The van der Waals surface area contributed by atoms with E-state index >= 15 is 0 Å². The highest BCUT2D eigenvalue weighted by atomic mass is 79.9. The minimum absolute atomic E-state index is 0.188. The molecule has 1 aromatic carbocycles. The second-order valence-corrected chi connectivity index (χ2v) is 7.28. The van der Waals surface area contributed by atoms with Crippen LogP contribution in [0.2, 0.25) is 0 Å². The molecule has 4 heteroatoms. The highest BCUT2D eigenvalue weighted by molar-refractivity contribution is 9.10. The second kappa shape index (κ2) is 6.46. The molecule has 1 aliphatic rings. The Morgan fingerprint density at radius 3 is 2.65 bits per heavy atom. The van der Waals surface area contributed by atoms with E-state index in [0.29, 0.717) is 12.0 Å². The maximum Gasteiger partial charge on any atom is 0.0400 e. The van der Waals surface area contributed by atoms with Gasteiger partial charge in [-0.3, -0.25) is 0 Å². The van der Waals surface area contributed by atoms with Gasteiger partial charge in [0.05, 0.1) is 0 Å². The van der Waals surface area contributed by atoms with Crippen molar-refractivity contribution in [1.29, 1.82) is 0 Å². The molecule has 1 aromatic rings. The molecule has 1 fully saturated rings. The summed E-state index contributed by atoms with van der Waals surface area (Å²) in [7, 11) is 4.35. The standard InChI is InChI=1S/C16H26BrN3/c1-11-9-20(10-16(11)19(3)4)15-6-5-14(17)8-13(15)7-12(2)18/h5-6,8,11-12,16H,7,9-10,18H2,1-4H3. The summed E-state index contributed by atoms with van der Waals surface area (Å²) in [5.41, 5.74) is 8.70. The van der Waals surface area contributed by atoms with Crippen LogP contribution in [0, 0.1) is 5.92 Å². The zero-order chi connectivity index (χ0) is 14.9. The van der Waals surface area contributed by atoms with Gasteiger partial charge in [-0.15, -0.1) is 0 Å². The van der Waals surface area contributed by atoms with Gasteiger partial charge in [0, 0.05) is 35.3 Å². The molecule has 0 bridgehead atoms. The van der Waals surface area contributed by atoms with Gasteiger partial charge < -0.3 is 15.5 Å². The van der Waals surface area contributed by atoms with Crippen LogP contribution in [-0.4, -0.2) is 44.2 Å². The molecule has 3 unspecified atom stereocenters. The lowest BCUT2D eigenvalue weighted by Crippen LogP contribution is -2.34. The molecule has 3 nitrogen and oxygen atoms in total. The van der Waals surface area contributed by atoms with Crippen LogP contribution in [0.25, 0.3) is 0 Å². The number of halogens is 1. The van der Waals surface area contributed by atoms with E-state index in [1.807, 2.05) is 0 Å². The number of nitrogens with two attached hydrogens (primary N) is 1. The number of anilines is 1. The first-order valence-electron chi connectivity index (χ1n) is 7.34. The van der Waals surface area contributed by atoms with Crippen LogP contribution in [0.3, 0.4) is 0 Å². The van der Waals surface area contributed by atoms with Crippen molar-refractivity contribution in [1.82, 2.24) is 4.90 Å². The molecule has 1 heterocycles. The van der Waals surface area contributed by atoms with Crippen LogP contribution in [0.5, 0.6) is 0 Å². The maximum absolute atomic E-state index is 6.00. The van der Waals surface area contributed by atoms with E-state index in [9.17, 15) is 0 Å². The Hall–Kier alpha value is -0.580. The smallest absolute Gasteiger partial charge is 0.0400 e. The minimum atomic E-state index is 0.188. The minimum Gasteiger partial charge on any atom is -0.369 e. The van der Waals surface area contributed by atoms with Crippen molar-refractivity contribution in [3.8, 4) is 0 Å². The third kappa shape index (κ3) is 3.54.